The molecular weight excluding hydrogens is 767 g/mol. The molecule has 1 amide bonds. The zero-order valence-corrected chi connectivity index (χ0v) is 41.0. The standard InChI is InChI=1S/C56H101NO5/c1-4-7-10-13-16-19-22-25-26-27-28-31-33-36-39-42-45-48-54(59)53(51-58)57-55(60)50-52(47-44-41-38-35-32-29-23-20-17-14-11-8-5-2)62-56(61)49-46-43-40-37-34-30-24-21-18-15-12-9-6-3/h8,11,14,17,20,23,29,32,35,38,52-54,58-59H,4-7,9-10,12-13,15-16,18-19,21-22,24-28,30-31,33-34,36-37,39-51H2,1-3H3,(H,57,60)/b11-8+,17-14+,23-20-,32-29-,38-35+. The number of carbonyl (C=O) groups is 2. The highest BCUT2D eigenvalue weighted by Crippen LogP contribution is 2.18. The molecule has 6 heteroatoms. The van der Waals surface area contributed by atoms with E-state index < -0.39 is 18.2 Å². The van der Waals surface area contributed by atoms with Crippen molar-refractivity contribution in [2.24, 2.45) is 0 Å². The molecule has 360 valence electrons. The third-order valence-corrected chi connectivity index (χ3v) is 12.0. The summed E-state index contributed by atoms with van der Waals surface area (Å²) in [7, 11) is 0. The molecule has 0 saturated heterocycles. The summed E-state index contributed by atoms with van der Waals surface area (Å²) in [5, 5.41) is 23.8. The Kier molecular flexibility index (Phi) is 47.6. The molecule has 0 aromatic heterocycles. The number of carbonyl (C=O) groups excluding carboxylic acids is 2. The summed E-state index contributed by atoms with van der Waals surface area (Å²) < 4.78 is 5.89. The second-order valence-corrected chi connectivity index (χ2v) is 18.0. The molecule has 0 aromatic carbocycles. The van der Waals surface area contributed by atoms with Gasteiger partial charge in [0.15, 0.2) is 0 Å². The van der Waals surface area contributed by atoms with E-state index in [1.54, 1.807) is 0 Å². The third kappa shape index (κ3) is 44.2. The lowest BCUT2D eigenvalue weighted by atomic mass is 10.0. The Balaban J connectivity index is 4.59. The highest BCUT2D eigenvalue weighted by molar-refractivity contribution is 5.77. The van der Waals surface area contributed by atoms with E-state index in [9.17, 15) is 19.8 Å². The second kappa shape index (κ2) is 49.6. The topological polar surface area (TPSA) is 95.9 Å². The third-order valence-electron chi connectivity index (χ3n) is 12.0. The van der Waals surface area contributed by atoms with Crippen molar-refractivity contribution in [2.75, 3.05) is 6.61 Å². The van der Waals surface area contributed by atoms with Gasteiger partial charge in [-0.25, -0.2) is 0 Å². The fraction of sp³-hybridized carbons (Fsp3) is 0.786. The zero-order chi connectivity index (χ0) is 45.2. The van der Waals surface area contributed by atoms with E-state index in [0.717, 1.165) is 57.8 Å². The number of aliphatic hydroxyl groups excluding tert-OH is 2. The molecule has 0 heterocycles. The molecule has 3 unspecified atom stereocenters. The Bertz CT molecular complexity index is 1110. The Hall–Kier alpha value is -2.44. The molecule has 0 radical (unpaired) electrons. The van der Waals surface area contributed by atoms with Crippen LogP contribution in [0.25, 0.3) is 0 Å². The quantitative estimate of drug-likeness (QED) is 0.0322. The van der Waals surface area contributed by atoms with Gasteiger partial charge in [0.1, 0.15) is 6.10 Å². The minimum absolute atomic E-state index is 0.0298. The van der Waals surface area contributed by atoms with Crippen LogP contribution in [0.2, 0.25) is 0 Å². The van der Waals surface area contributed by atoms with Crippen molar-refractivity contribution in [3.05, 3.63) is 60.8 Å². The molecule has 0 spiro atoms. The van der Waals surface area contributed by atoms with Crippen LogP contribution in [0, 0.1) is 0 Å². The summed E-state index contributed by atoms with van der Waals surface area (Å²) in [6, 6.07) is -0.724. The molecule has 3 atom stereocenters. The maximum absolute atomic E-state index is 13.2. The van der Waals surface area contributed by atoms with Gasteiger partial charge in [0.25, 0.3) is 0 Å². The van der Waals surface area contributed by atoms with Crippen molar-refractivity contribution in [1.82, 2.24) is 5.32 Å². The van der Waals surface area contributed by atoms with Gasteiger partial charge >= 0.3 is 5.97 Å². The van der Waals surface area contributed by atoms with Crippen molar-refractivity contribution >= 4 is 11.9 Å². The smallest absolute Gasteiger partial charge is 0.306 e. The largest absolute Gasteiger partial charge is 0.462 e. The molecule has 6 nitrogen and oxygen atoms in total. The van der Waals surface area contributed by atoms with Crippen molar-refractivity contribution in [2.45, 2.75) is 277 Å². The van der Waals surface area contributed by atoms with Gasteiger partial charge in [0.05, 0.1) is 25.2 Å². The summed E-state index contributed by atoms with van der Waals surface area (Å²) in [5.74, 6) is -0.540. The van der Waals surface area contributed by atoms with Gasteiger partial charge in [-0.2, -0.15) is 0 Å². The molecule has 0 saturated carbocycles. The number of aliphatic hydroxyl groups is 2. The Morgan fingerprint density at radius 1 is 0.484 bits per heavy atom. The van der Waals surface area contributed by atoms with E-state index in [1.165, 1.54) is 154 Å². The van der Waals surface area contributed by atoms with E-state index in [1.807, 2.05) is 48.6 Å². The fourth-order valence-corrected chi connectivity index (χ4v) is 7.99. The molecule has 0 fully saturated rings. The number of allylic oxidation sites excluding steroid dienone is 10. The van der Waals surface area contributed by atoms with Gasteiger partial charge < -0.3 is 20.3 Å². The number of esters is 1. The van der Waals surface area contributed by atoms with Crippen LogP contribution in [-0.4, -0.2) is 46.9 Å². The molecule has 0 aliphatic rings. The van der Waals surface area contributed by atoms with E-state index in [4.69, 9.17) is 4.74 Å². The Labute approximate surface area is 384 Å². The predicted octanol–water partition coefficient (Wildman–Crippen LogP) is 16.0. The van der Waals surface area contributed by atoms with E-state index in [-0.39, 0.29) is 24.9 Å². The van der Waals surface area contributed by atoms with Crippen molar-refractivity contribution in [3.63, 3.8) is 0 Å². The summed E-state index contributed by atoms with van der Waals surface area (Å²) in [5.41, 5.74) is 0. The Morgan fingerprint density at radius 2 is 0.871 bits per heavy atom. The first-order valence-corrected chi connectivity index (χ1v) is 26.6. The van der Waals surface area contributed by atoms with E-state index >= 15 is 0 Å². The number of amides is 1. The number of unbranched alkanes of at least 4 members (excludes halogenated alkanes) is 29. The van der Waals surface area contributed by atoms with Gasteiger partial charge in [-0.3, -0.25) is 9.59 Å². The lowest BCUT2D eigenvalue weighted by Crippen LogP contribution is -2.46. The second-order valence-electron chi connectivity index (χ2n) is 18.0. The highest BCUT2D eigenvalue weighted by Gasteiger charge is 2.24. The summed E-state index contributed by atoms with van der Waals surface area (Å²) in [6.45, 7) is 6.33. The molecule has 0 bridgehead atoms. The van der Waals surface area contributed by atoms with Crippen LogP contribution in [0.4, 0.5) is 0 Å². The van der Waals surface area contributed by atoms with Crippen molar-refractivity contribution in [3.8, 4) is 0 Å². The van der Waals surface area contributed by atoms with Gasteiger partial charge in [-0.05, 0) is 38.5 Å². The summed E-state index contributed by atoms with van der Waals surface area (Å²) in [4.78, 5) is 26.1. The van der Waals surface area contributed by atoms with Crippen LogP contribution < -0.4 is 5.32 Å². The summed E-state index contributed by atoms with van der Waals surface area (Å²) in [6.07, 6.45) is 61.5. The van der Waals surface area contributed by atoms with Crippen LogP contribution >= 0.6 is 0 Å². The normalized spacial score (nSPS) is 13.7. The van der Waals surface area contributed by atoms with Crippen molar-refractivity contribution in [1.29, 1.82) is 0 Å². The van der Waals surface area contributed by atoms with Gasteiger partial charge in [-0.15, -0.1) is 0 Å². The molecule has 3 N–H and O–H groups in total. The van der Waals surface area contributed by atoms with E-state index in [0.29, 0.717) is 19.3 Å². The average Bonchev–Trinajstić information content (AvgIpc) is 3.26. The average molecular weight is 868 g/mol. The maximum Gasteiger partial charge on any atom is 0.306 e. The van der Waals surface area contributed by atoms with Gasteiger partial charge in [0.2, 0.25) is 5.91 Å². The first kappa shape index (κ1) is 59.6. The van der Waals surface area contributed by atoms with Gasteiger partial charge in [-0.1, -0.05) is 268 Å². The number of nitrogens with one attached hydrogen (secondary N) is 1. The lowest BCUT2D eigenvalue weighted by Gasteiger charge is -2.24. The SMILES string of the molecule is CC/C=C/C=C/C=C\C=C/C=C/CCCC(CC(=O)NC(CO)C(O)CCCCCCCCCCCCCCCCCCC)OC(=O)CCCCCCCCCCCCCCC. The monoisotopic (exact) mass is 868 g/mol. The molecule has 0 aliphatic carbocycles. The molecule has 62 heavy (non-hydrogen) atoms. The Morgan fingerprint density at radius 3 is 1.29 bits per heavy atom. The highest BCUT2D eigenvalue weighted by atomic mass is 16.5. The van der Waals surface area contributed by atoms with Gasteiger partial charge in [0, 0.05) is 6.42 Å². The van der Waals surface area contributed by atoms with Crippen LogP contribution in [-0.2, 0) is 14.3 Å². The molecule has 0 rings (SSSR count). The lowest BCUT2D eigenvalue weighted by molar-refractivity contribution is -0.151. The first-order chi connectivity index (χ1) is 30.5. The molecule has 0 aromatic rings. The van der Waals surface area contributed by atoms with Crippen LogP contribution in [0.3, 0.4) is 0 Å². The molecule has 0 aliphatic heterocycles. The number of hydrogen-bond donors (Lipinski definition) is 3. The van der Waals surface area contributed by atoms with Crippen LogP contribution in [0.1, 0.15) is 258 Å². The fourth-order valence-electron chi connectivity index (χ4n) is 7.99. The first-order valence-electron chi connectivity index (χ1n) is 26.6. The summed E-state index contributed by atoms with van der Waals surface area (Å²) >= 11 is 0. The number of rotatable bonds is 47. The predicted molar refractivity (Wildman–Crippen MR) is 268 cm³/mol. The number of hydrogen-bond acceptors (Lipinski definition) is 5. The van der Waals surface area contributed by atoms with E-state index in [2.05, 4.69) is 38.2 Å². The minimum atomic E-state index is -0.807. The minimum Gasteiger partial charge on any atom is -0.462 e. The maximum atomic E-state index is 13.2. The van der Waals surface area contributed by atoms with Crippen LogP contribution in [0.15, 0.2) is 60.8 Å². The number of ether oxygens (including phenoxy) is 1. The van der Waals surface area contributed by atoms with Crippen molar-refractivity contribution < 1.29 is 24.5 Å². The molecular formula is C56H101NO5. The van der Waals surface area contributed by atoms with Crippen LogP contribution in [0.5, 0.6) is 0 Å². The zero-order valence-electron chi connectivity index (χ0n) is 41.0.